The molecule has 4 nitrogen and oxygen atoms in total. The highest BCUT2D eigenvalue weighted by Gasteiger charge is 2.28. The summed E-state index contributed by atoms with van der Waals surface area (Å²) in [5, 5.41) is 3.11. The summed E-state index contributed by atoms with van der Waals surface area (Å²) in [5.41, 5.74) is 0. The van der Waals surface area contributed by atoms with Gasteiger partial charge in [0.2, 0.25) is 5.91 Å². The molecule has 0 aromatic carbocycles. The first-order valence-corrected chi connectivity index (χ1v) is 7.56. The monoisotopic (exact) mass is 285 g/mol. The summed E-state index contributed by atoms with van der Waals surface area (Å²) in [4.78, 5) is 23.8. The van der Waals surface area contributed by atoms with Gasteiger partial charge in [0.1, 0.15) is 0 Å². The van der Waals surface area contributed by atoms with E-state index in [1.807, 2.05) is 13.8 Å². The van der Waals surface area contributed by atoms with Gasteiger partial charge < -0.3 is 10.1 Å². The molecular formula is C16H31NO3. The molecule has 0 fully saturated rings. The number of nitrogens with one attached hydrogen (secondary N) is 1. The number of rotatable bonds is 8. The van der Waals surface area contributed by atoms with Crippen LogP contribution in [-0.2, 0) is 14.3 Å². The summed E-state index contributed by atoms with van der Waals surface area (Å²) >= 11 is 0. The molecule has 0 rings (SSSR count). The molecule has 0 aliphatic heterocycles. The lowest BCUT2D eigenvalue weighted by Gasteiger charge is -2.27. The van der Waals surface area contributed by atoms with Gasteiger partial charge in [0.15, 0.2) is 0 Å². The van der Waals surface area contributed by atoms with Gasteiger partial charge in [-0.05, 0) is 24.2 Å². The predicted octanol–water partition coefficient (Wildman–Crippen LogP) is 3.01. The molecule has 2 atom stereocenters. The second kappa shape index (κ2) is 8.98. The van der Waals surface area contributed by atoms with Crippen molar-refractivity contribution in [3.05, 3.63) is 0 Å². The van der Waals surface area contributed by atoms with Gasteiger partial charge in [-0.1, -0.05) is 41.5 Å². The van der Waals surface area contributed by atoms with Crippen LogP contribution in [0.4, 0.5) is 0 Å². The summed E-state index contributed by atoms with van der Waals surface area (Å²) < 4.78 is 4.68. The van der Waals surface area contributed by atoms with Crippen molar-refractivity contribution in [1.82, 2.24) is 5.32 Å². The first-order chi connectivity index (χ1) is 9.18. The van der Waals surface area contributed by atoms with Crippen molar-refractivity contribution in [1.29, 1.82) is 0 Å². The molecule has 4 heteroatoms. The van der Waals surface area contributed by atoms with Crippen LogP contribution in [0.2, 0.25) is 0 Å². The van der Waals surface area contributed by atoms with Gasteiger partial charge in [0.05, 0.1) is 19.4 Å². The molecule has 0 radical (unpaired) electrons. The molecule has 1 amide bonds. The lowest BCUT2D eigenvalue weighted by atomic mass is 9.89. The fourth-order valence-corrected chi connectivity index (χ4v) is 2.19. The van der Waals surface area contributed by atoms with Crippen molar-refractivity contribution in [3.8, 4) is 0 Å². The molecule has 0 aliphatic rings. The normalized spacial score (nSPS) is 14.5. The van der Waals surface area contributed by atoms with Gasteiger partial charge in [-0.2, -0.15) is 0 Å². The lowest BCUT2D eigenvalue weighted by Crippen LogP contribution is -2.44. The number of methoxy groups -OCH3 is 1. The van der Waals surface area contributed by atoms with Crippen LogP contribution >= 0.6 is 0 Å². The molecule has 0 saturated heterocycles. The predicted molar refractivity (Wildman–Crippen MR) is 81.2 cm³/mol. The Labute approximate surface area is 123 Å². The Kier molecular flexibility index (Phi) is 8.51. The number of hydrogen-bond acceptors (Lipinski definition) is 3. The van der Waals surface area contributed by atoms with Crippen LogP contribution in [0.3, 0.4) is 0 Å². The molecule has 0 saturated carbocycles. The molecular weight excluding hydrogens is 254 g/mol. The number of carbonyl (C=O) groups excluding carboxylic acids is 2. The topological polar surface area (TPSA) is 55.4 Å². The standard InChI is InChI=1S/C16H31NO3/c1-10(2)8-14(12(5)6)17-16(19)13(11(3)4)9-15(18)20-7/h10-14H,8-9H2,1-7H3,(H,17,19)/t13-,14+/m1/s1. The molecule has 0 heterocycles. The van der Waals surface area contributed by atoms with Gasteiger partial charge in [-0.15, -0.1) is 0 Å². The fraction of sp³-hybridized carbons (Fsp3) is 0.875. The van der Waals surface area contributed by atoms with Gasteiger partial charge >= 0.3 is 5.97 Å². The van der Waals surface area contributed by atoms with E-state index in [1.165, 1.54) is 7.11 Å². The van der Waals surface area contributed by atoms with E-state index in [1.54, 1.807) is 0 Å². The Balaban J connectivity index is 4.75. The molecule has 0 spiro atoms. The van der Waals surface area contributed by atoms with E-state index in [-0.39, 0.29) is 36.2 Å². The molecule has 1 N–H and O–H groups in total. The van der Waals surface area contributed by atoms with Crippen LogP contribution in [0.25, 0.3) is 0 Å². The van der Waals surface area contributed by atoms with Crippen LogP contribution in [0.1, 0.15) is 54.4 Å². The Hall–Kier alpha value is -1.06. The van der Waals surface area contributed by atoms with Crippen molar-refractivity contribution >= 4 is 11.9 Å². The Morgan fingerprint density at radius 3 is 1.90 bits per heavy atom. The second-order valence-corrected chi connectivity index (χ2v) is 6.62. The number of amides is 1. The van der Waals surface area contributed by atoms with Crippen molar-refractivity contribution in [2.75, 3.05) is 7.11 Å². The third-order valence-electron chi connectivity index (χ3n) is 3.61. The van der Waals surface area contributed by atoms with E-state index in [9.17, 15) is 9.59 Å². The number of carbonyl (C=O) groups is 2. The molecule has 0 aromatic rings. The quantitative estimate of drug-likeness (QED) is 0.697. The highest BCUT2D eigenvalue weighted by molar-refractivity contribution is 5.84. The largest absolute Gasteiger partial charge is 0.469 e. The van der Waals surface area contributed by atoms with Crippen LogP contribution in [0.15, 0.2) is 0 Å². The highest BCUT2D eigenvalue weighted by Crippen LogP contribution is 2.19. The zero-order valence-corrected chi connectivity index (χ0v) is 14.0. The average molecular weight is 285 g/mol. The maximum absolute atomic E-state index is 12.4. The van der Waals surface area contributed by atoms with E-state index < -0.39 is 0 Å². The zero-order valence-electron chi connectivity index (χ0n) is 14.0. The van der Waals surface area contributed by atoms with Crippen molar-refractivity contribution in [3.63, 3.8) is 0 Å². The average Bonchev–Trinajstić information content (AvgIpc) is 2.33. The van der Waals surface area contributed by atoms with E-state index in [0.717, 1.165) is 6.42 Å². The van der Waals surface area contributed by atoms with Crippen molar-refractivity contribution in [2.24, 2.45) is 23.7 Å². The van der Waals surface area contributed by atoms with E-state index >= 15 is 0 Å². The van der Waals surface area contributed by atoms with Crippen molar-refractivity contribution < 1.29 is 14.3 Å². The number of esters is 1. The fourth-order valence-electron chi connectivity index (χ4n) is 2.19. The number of ether oxygens (including phenoxy) is 1. The van der Waals surface area contributed by atoms with Gasteiger partial charge in [-0.3, -0.25) is 9.59 Å². The summed E-state index contributed by atoms with van der Waals surface area (Å²) in [6, 6.07) is 0.154. The molecule has 20 heavy (non-hydrogen) atoms. The third kappa shape index (κ3) is 6.92. The van der Waals surface area contributed by atoms with Crippen LogP contribution in [0, 0.1) is 23.7 Å². The second-order valence-electron chi connectivity index (χ2n) is 6.62. The van der Waals surface area contributed by atoms with E-state index in [4.69, 9.17) is 0 Å². The first kappa shape index (κ1) is 18.9. The first-order valence-electron chi connectivity index (χ1n) is 7.56. The smallest absolute Gasteiger partial charge is 0.306 e. The molecule has 0 unspecified atom stereocenters. The van der Waals surface area contributed by atoms with E-state index in [2.05, 4.69) is 37.7 Å². The van der Waals surface area contributed by atoms with Crippen molar-refractivity contribution in [2.45, 2.75) is 60.4 Å². The molecule has 0 bridgehead atoms. The Morgan fingerprint density at radius 1 is 1.00 bits per heavy atom. The molecule has 0 aromatic heterocycles. The Morgan fingerprint density at radius 2 is 1.55 bits per heavy atom. The summed E-state index contributed by atoms with van der Waals surface area (Å²) in [5.74, 6) is 0.332. The van der Waals surface area contributed by atoms with Gasteiger partial charge in [-0.25, -0.2) is 0 Å². The van der Waals surface area contributed by atoms with Crippen LogP contribution in [-0.4, -0.2) is 25.0 Å². The summed E-state index contributed by atoms with van der Waals surface area (Å²) in [6.45, 7) is 12.4. The lowest BCUT2D eigenvalue weighted by molar-refractivity contribution is -0.145. The SMILES string of the molecule is COC(=O)C[C@@H](C(=O)N[C@@H](CC(C)C)C(C)C)C(C)C. The Bertz CT molecular complexity index is 311. The van der Waals surface area contributed by atoms with Gasteiger partial charge in [0.25, 0.3) is 0 Å². The van der Waals surface area contributed by atoms with Crippen LogP contribution in [0.5, 0.6) is 0 Å². The maximum Gasteiger partial charge on any atom is 0.306 e. The zero-order chi connectivity index (χ0) is 15.9. The molecule has 118 valence electrons. The summed E-state index contributed by atoms with van der Waals surface area (Å²) in [6.07, 6.45) is 1.10. The minimum Gasteiger partial charge on any atom is -0.469 e. The third-order valence-corrected chi connectivity index (χ3v) is 3.61. The summed E-state index contributed by atoms with van der Waals surface area (Å²) in [7, 11) is 1.35. The minimum atomic E-state index is -0.330. The highest BCUT2D eigenvalue weighted by atomic mass is 16.5. The minimum absolute atomic E-state index is 0.0373. The maximum atomic E-state index is 12.4. The number of hydrogen-bond donors (Lipinski definition) is 1. The molecule has 0 aliphatic carbocycles. The van der Waals surface area contributed by atoms with E-state index in [0.29, 0.717) is 11.8 Å². The van der Waals surface area contributed by atoms with Crippen LogP contribution < -0.4 is 5.32 Å². The van der Waals surface area contributed by atoms with Gasteiger partial charge in [0, 0.05) is 6.04 Å².